The number of hydrogen-bond donors (Lipinski definition) is 0. The van der Waals surface area contributed by atoms with E-state index < -0.39 is 0 Å². The summed E-state index contributed by atoms with van der Waals surface area (Å²) in [5.41, 5.74) is 4.13. The zero-order chi connectivity index (χ0) is 17.2. The molecule has 0 aliphatic carbocycles. The van der Waals surface area contributed by atoms with E-state index in [0.29, 0.717) is 0 Å². The number of piperidine rings is 1. The molecule has 0 amide bonds. The summed E-state index contributed by atoms with van der Waals surface area (Å²) in [6.45, 7) is 8.25. The third-order valence-corrected chi connectivity index (χ3v) is 5.11. The molecule has 4 heteroatoms. The van der Waals surface area contributed by atoms with E-state index in [1.54, 1.807) is 0 Å². The highest BCUT2D eigenvalue weighted by Crippen LogP contribution is 2.32. The lowest BCUT2D eigenvalue weighted by Crippen LogP contribution is -2.33. The Kier molecular flexibility index (Phi) is 4.53. The van der Waals surface area contributed by atoms with Crippen LogP contribution < -0.4 is 4.74 Å². The molecule has 130 valence electrons. The Balaban J connectivity index is 1.65. The predicted octanol–water partition coefficient (Wildman–Crippen LogP) is 4.26. The van der Waals surface area contributed by atoms with Crippen molar-refractivity contribution >= 4 is 21.8 Å². The predicted molar refractivity (Wildman–Crippen MR) is 102 cm³/mol. The molecule has 3 heterocycles. The molecule has 3 aromatic rings. The summed E-state index contributed by atoms with van der Waals surface area (Å²) in [4.78, 5) is 11.8. The number of hydrogen-bond acceptors (Lipinski definition) is 4. The highest BCUT2D eigenvalue weighted by atomic mass is 16.5. The van der Waals surface area contributed by atoms with Gasteiger partial charge in [-0.2, -0.15) is 0 Å². The molecule has 0 N–H and O–H groups in total. The molecular weight excluding hydrogens is 310 g/mol. The highest BCUT2D eigenvalue weighted by molar-refractivity contribution is 6.01. The number of pyridine rings is 2. The number of ether oxygens (including phenoxy) is 1. The quantitative estimate of drug-likeness (QED) is 0.668. The van der Waals surface area contributed by atoms with Gasteiger partial charge in [0.1, 0.15) is 12.4 Å². The van der Waals surface area contributed by atoms with Gasteiger partial charge in [0, 0.05) is 40.8 Å². The average Bonchev–Trinajstić information content (AvgIpc) is 2.64. The summed E-state index contributed by atoms with van der Waals surface area (Å²) in [7, 11) is 0. The van der Waals surface area contributed by atoms with Crippen LogP contribution in [0.2, 0.25) is 0 Å². The van der Waals surface area contributed by atoms with Gasteiger partial charge < -0.3 is 4.74 Å². The van der Waals surface area contributed by atoms with Crippen molar-refractivity contribution in [3.63, 3.8) is 0 Å². The lowest BCUT2D eigenvalue weighted by molar-refractivity contribution is 0.184. The number of rotatable bonds is 4. The van der Waals surface area contributed by atoms with Gasteiger partial charge in [0.15, 0.2) is 0 Å². The van der Waals surface area contributed by atoms with Crippen molar-refractivity contribution in [1.29, 1.82) is 0 Å². The Bertz CT molecular complexity index is 900. The topological polar surface area (TPSA) is 38.2 Å². The third-order valence-electron chi connectivity index (χ3n) is 5.11. The monoisotopic (exact) mass is 335 g/mol. The van der Waals surface area contributed by atoms with Gasteiger partial charge in [-0.05, 0) is 51.9 Å². The third kappa shape index (κ3) is 3.31. The fourth-order valence-corrected chi connectivity index (χ4v) is 3.78. The van der Waals surface area contributed by atoms with Crippen LogP contribution in [0.1, 0.15) is 30.5 Å². The zero-order valence-electron chi connectivity index (χ0n) is 15.1. The van der Waals surface area contributed by atoms with Crippen molar-refractivity contribution in [2.24, 2.45) is 0 Å². The van der Waals surface area contributed by atoms with Crippen LogP contribution in [0.4, 0.5) is 0 Å². The van der Waals surface area contributed by atoms with Gasteiger partial charge >= 0.3 is 0 Å². The molecular formula is C21H25N3O. The molecule has 0 atom stereocenters. The lowest BCUT2D eigenvalue weighted by Gasteiger charge is -2.26. The van der Waals surface area contributed by atoms with Gasteiger partial charge in [-0.15, -0.1) is 0 Å². The Hall–Kier alpha value is -2.20. The summed E-state index contributed by atoms with van der Waals surface area (Å²) >= 11 is 0. The van der Waals surface area contributed by atoms with E-state index in [2.05, 4.69) is 35.0 Å². The second-order valence-corrected chi connectivity index (χ2v) is 6.99. The molecule has 2 aromatic heterocycles. The summed E-state index contributed by atoms with van der Waals surface area (Å²) in [5, 5.41) is 2.22. The number of benzene rings is 1. The minimum Gasteiger partial charge on any atom is -0.491 e. The summed E-state index contributed by atoms with van der Waals surface area (Å²) in [6, 6.07) is 8.30. The summed E-state index contributed by atoms with van der Waals surface area (Å²) < 4.78 is 6.20. The number of nitrogens with zero attached hydrogens (tertiary/aromatic N) is 3. The Morgan fingerprint density at radius 2 is 1.92 bits per heavy atom. The maximum Gasteiger partial charge on any atom is 0.130 e. The minimum atomic E-state index is 0.725. The molecule has 4 nitrogen and oxygen atoms in total. The van der Waals surface area contributed by atoms with Crippen LogP contribution in [0.15, 0.2) is 30.5 Å². The van der Waals surface area contributed by atoms with Crippen molar-refractivity contribution in [2.75, 3.05) is 26.2 Å². The first-order valence-electron chi connectivity index (χ1n) is 9.23. The molecule has 4 rings (SSSR count). The second kappa shape index (κ2) is 6.96. The molecule has 1 aliphatic rings. The summed E-state index contributed by atoms with van der Waals surface area (Å²) in [5.74, 6) is 0.938. The van der Waals surface area contributed by atoms with Gasteiger partial charge in [-0.25, -0.2) is 0 Å². The van der Waals surface area contributed by atoms with E-state index in [9.17, 15) is 0 Å². The van der Waals surface area contributed by atoms with Crippen LogP contribution in [-0.2, 0) is 0 Å². The molecule has 1 aromatic carbocycles. The van der Waals surface area contributed by atoms with Gasteiger partial charge in [0.2, 0.25) is 0 Å². The van der Waals surface area contributed by atoms with E-state index in [1.165, 1.54) is 32.4 Å². The van der Waals surface area contributed by atoms with E-state index in [1.807, 2.05) is 19.2 Å². The number of likely N-dealkylation sites (tertiary alicyclic amines) is 1. The first-order chi connectivity index (χ1) is 12.2. The van der Waals surface area contributed by atoms with Crippen LogP contribution in [0.3, 0.4) is 0 Å². The van der Waals surface area contributed by atoms with Gasteiger partial charge in [0.25, 0.3) is 0 Å². The van der Waals surface area contributed by atoms with Gasteiger partial charge in [-0.1, -0.05) is 12.5 Å². The molecule has 0 unspecified atom stereocenters. The number of aryl methyl sites for hydroxylation is 2. The molecule has 1 aliphatic heterocycles. The van der Waals surface area contributed by atoms with Crippen LogP contribution in [0, 0.1) is 13.8 Å². The van der Waals surface area contributed by atoms with Crippen molar-refractivity contribution < 1.29 is 4.74 Å². The molecule has 25 heavy (non-hydrogen) atoms. The normalized spacial score (nSPS) is 15.8. The highest BCUT2D eigenvalue weighted by Gasteiger charge is 2.13. The van der Waals surface area contributed by atoms with E-state index in [0.717, 1.165) is 52.0 Å². The molecule has 0 bridgehead atoms. The van der Waals surface area contributed by atoms with Crippen molar-refractivity contribution in [2.45, 2.75) is 33.1 Å². The fourth-order valence-electron chi connectivity index (χ4n) is 3.78. The van der Waals surface area contributed by atoms with E-state index in [-0.39, 0.29) is 0 Å². The van der Waals surface area contributed by atoms with Gasteiger partial charge in [0.05, 0.1) is 11.0 Å². The molecule has 0 saturated carbocycles. The van der Waals surface area contributed by atoms with Crippen molar-refractivity contribution in [3.05, 3.63) is 41.7 Å². The average molecular weight is 335 g/mol. The molecule has 1 fully saturated rings. The van der Waals surface area contributed by atoms with Gasteiger partial charge in [-0.3, -0.25) is 14.9 Å². The Morgan fingerprint density at radius 3 is 2.76 bits per heavy atom. The van der Waals surface area contributed by atoms with E-state index in [4.69, 9.17) is 9.72 Å². The summed E-state index contributed by atoms with van der Waals surface area (Å²) in [6.07, 6.45) is 5.84. The zero-order valence-corrected chi connectivity index (χ0v) is 15.1. The molecule has 1 saturated heterocycles. The fraction of sp³-hybridized carbons (Fsp3) is 0.429. The van der Waals surface area contributed by atoms with E-state index >= 15 is 0 Å². The SMILES string of the molecule is Cc1cc(OCCN2CCCCC2)c2cc3cccnc3c(C)c2n1. The van der Waals surface area contributed by atoms with Crippen LogP contribution in [0.25, 0.3) is 21.8 Å². The smallest absolute Gasteiger partial charge is 0.130 e. The minimum absolute atomic E-state index is 0.725. The first-order valence-corrected chi connectivity index (χ1v) is 9.23. The lowest BCUT2D eigenvalue weighted by atomic mass is 10.0. The van der Waals surface area contributed by atoms with Crippen LogP contribution >= 0.6 is 0 Å². The molecule has 0 spiro atoms. The largest absolute Gasteiger partial charge is 0.491 e. The van der Waals surface area contributed by atoms with Crippen LogP contribution in [0.5, 0.6) is 5.75 Å². The first kappa shape index (κ1) is 16.3. The number of aromatic nitrogens is 2. The standard InChI is InChI=1S/C21H25N3O/c1-15-13-19(25-12-11-24-9-4-3-5-10-24)18-14-17-7-6-8-22-20(17)16(2)21(18)23-15/h6-8,13-14H,3-5,9-12H2,1-2H3. The second-order valence-electron chi connectivity index (χ2n) is 6.99. The van der Waals surface area contributed by atoms with Crippen molar-refractivity contribution in [3.8, 4) is 5.75 Å². The maximum atomic E-state index is 6.20. The maximum absolute atomic E-state index is 6.20. The number of fused-ring (bicyclic) bond motifs is 2. The Morgan fingerprint density at radius 1 is 1.08 bits per heavy atom. The Labute approximate surface area is 148 Å². The van der Waals surface area contributed by atoms with Crippen molar-refractivity contribution in [1.82, 2.24) is 14.9 Å². The molecule has 0 radical (unpaired) electrons. The van der Waals surface area contributed by atoms with Crippen LogP contribution in [-0.4, -0.2) is 41.1 Å².